The maximum atomic E-state index is 11.7. The Balaban J connectivity index is 1.79. The second kappa shape index (κ2) is 5.75. The van der Waals surface area contributed by atoms with Crippen LogP contribution in [0.15, 0.2) is 12.4 Å². The van der Waals surface area contributed by atoms with Gasteiger partial charge in [0.05, 0.1) is 24.2 Å². The van der Waals surface area contributed by atoms with E-state index in [-0.39, 0.29) is 18.0 Å². The quantitative estimate of drug-likeness (QED) is 0.784. The molecule has 0 aliphatic heterocycles. The molecule has 110 valence electrons. The first-order valence-electron chi connectivity index (χ1n) is 6.91. The summed E-state index contributed by atoms with van der Waals surface area (Å²) in [6.45, 7) is 5.96. The Morgan fingerprint density at radius 3 is 2.50 bits per heavy atom. The maximum absolute atomic E-state index is 11.7. The lowest BCUT2D eigenvalue weighted by molar-refractivity contribution is 0.0654. The van der Waals surface area contributed by atoms with E-state index in [2.05, 4.69) is 20.6 Å². The highest BCUT2D eigenvalue weighted by molar-refractivity contribution is 5.88. The van der Waals surface area contributed by atoms with E-state index in [1.807, 2.05) is 20.8 Å². The molecule has 0 aromatic carbocycles. The molecule has 1 heterocycles. The standard InChI is InChI=1S/C14H22N4O2/c1-14(2,3)11(19)8-17-13(20)18-10-6-15-12(16-7-10)9-4-5-9/h6-7,9,11,19H,4-5,8H2,1-3H3,(H2,17,18,20). The van der Waals surface area contributed by atoms with Gasteiger partial charge >= 0.3 is 6.03 Å². The van der Waals surface area contributed by atoms with Gasteiger partial charge in [-0.1, -0.05) is 20.8 Å². The number of nitrogens with one attached hydrogen (secondary N) is 2. The monoisotopic (exact) mass is 278 g/mol. The number of amides is 2. The van der Waals surface area contributed by atoms with Gasteiger partial charge in [0.1, 0.15) is 5.82 Å². The molecule has 1 aromatic heterocycles. The summed E-state index contributed by atoms with van der Waals surface area (Å²) in [4.78, 5) is 20.1. The Labute approximate surface area is 119 Å². The van der Waals surface area contributed by atoms with Crippen LogP contribution in [0.1, 0.15) is 45.4 Å². The summed E-state index contributed by atoms with van der Waals surface area (Å²) in [5.41, 5.74) is 0.291. The first-order chi connectivity index (χ1) is 9.36. The number of anilines is 1. The van der Waals surface area contributed by atoms with E-state index in [4.69, 9.17) is 0 Å². The summed E-state index contributed by atoms with van der Waals surface area (Å²) in [6.07, 6.45) is 4.93. The Hall–Kier alpha value is -1.69. The van der Waals surface area contributed by atoms with Gasteiger partial charge in [0.2, 0.25) is 0 Å². The smallest absolute Gasteiger partial charge is 0.319 e. The molecule has 1 aromatic rings. The number of rotatable bonds is 4. The van der Waals surface area contributed by atoms with Crippen LogP contribution in [-0.4, -0.2) is 33.8 Å². The van der Waals surface area contributed by atoms with Crippen LogP contribution in [0.3, 0.4) is 0 Å². The van der Waals surface area contributed by atoms with Crippen LogP contribution < -0.4 is 10.6 Å². The van der Waals surface area contributed by atoms with Gasteiger partial charge in [-0.3, -0.25) is 0 Å². The fourth-order valence-electron chi connectivity index (χ4n) is 1.63. The predicted octanol–water partition coefficient (Wildman–Crippen LogP) is 1.88. The van der Waals surface area contributed by atoms with Crippen molar-refractivity contribution in [1.29, 1.82) is 0 Å². The van der Waals surface area contributed by atoms with Crippen LogP contribution in [0.25, 0.3) is 0 Å². The van der Waals surface area contributed by atoms with E-state index in [0.29, 0.717) is 11.6 Å². The van der Waals surface area contributed by atoms with Gasteiger partial charge in [-0.25, -0.2) is 14.8 Å². The van der Waals surface area contributed by atoms with Gasteiger partial charge in [-0.2, -0.15) is 0 Å². The van der Waals surface area contributed by atoms with Crippen LogP contribution in [0, 0.1) is 5.41 Å². The number of hydrogen-bond donors (Lipinski definition) is 3. The lowest BCUT2D eigenvalue weighted by Crippen LogP contribution is -2.40. The fraction of sp³-hybridized carbons (Fsp3) is 0.643. The molecular formula is C14H22N4O2. The van der Waals surface area contributed by atoms with Gasteiger partial charge < -0.3 is 15.7 Å². The molecule has 2 amide bonds. The normalized spacial score (nSPS) is 16.6. The third kappa shape index (κ3) is 4.16. The minimum Gasteiger partial charge on any atom is -0.391 e. The fourth-order valence-corrected chi connectivity index (χ4v) is 1.63. The van der Waals surface area contributed by atoms with Crippen molar-refractivity contribution in [3.8, 4) is 0 Å². The van der Waals surface area contributed by atoms with Gasteiger partial charge in [-0.05, 0) is 18.3 Å². The summed E-state index contributed by atoms with van der Waals surface area (Å²) in [5.74, 6) is 1.35. The summed E-state index contributed by atoms with van der Waals surface area (Å²) in [6, 6.07) is -0.365. The van der Waals surface area contributed by atoms with Crippen LogP contribution >= 0.6 is 0 Å². The molecule has 20 heavy (non-hydrogen) atoms. The van der Waals surface area contributed by atoms with Crippen molar-refractivity contribution in [3.63, 3.8) is 0 Å². The first-order valence-corrected chi connectivity index (χ1v) is 6.91. The van der Waals surface area contributed by atoms with Crippen molar-refractivity contribution < 1.29 is 9.90 Å². The SMILES string of the molecule is CC(C)(C)C(O)CNC(=O)Nc1cnc(C2CC2)nc1. The number of urea groups is 1. The summed E-state index contributed by atoms with van der Waals surface area (Å²) in [5, 5.41) is 15.1. The predicted molar refractivity (Wildman–Crippen MR) is 76.5 cm³/mol. The average molecular weight is 278 g/mol. The molecule has 1 fully saturated rings. The van der Waals surface area contributed by atoms with Crippen LogP contribution in [0.5, 0.6) is 0 Å². The Bertz CT molecular complexity index is 463. The molecule has 0 saturated heterocycles. The van der Waals surface area contributed by atoms with Gasteiger partial charge in [-0.15, -0.1) is 0 Å². The molecular weight excluding hydrogens is 256 g/mol. The molecule has 6 nitrogen and oxygen atoms in total. The lowest BCUT2D eigenvalue weighted by atomic mass is 9.89. The van der Waals surface area contributed by atoms with E-state index in [1.54, 1.807) is 12.4 Å². The highest BCUT2D eigenvalue weighted by Gasteiger charge is 2.26. The molecule has 1 atom stereocenters. The molecule has 1 saturated carbocycles. The second-order valence-corrected chi connectivity index (χ2v) is 6.32. The molecule has 1 aliphatic rings. The number of aliphatic hydroxyl groups is 1. The third-order valence-electron chi connectivity index (χ3n) is 3.33. The lowest BCUT2D eigenvalue weighted by Gasteiger charge is -2.25. The molecule has 0 radical (unpaired) electrons. The molecule has 1 aliphatic carbocycles. The zero-order valence-electron chi connectivity index (χ0n) is 12.2. The molecule has 0 bridgehead atoms. The number of hydrogen-bond acceptors (Lipinski definition) is 4. The molecule has 0 spiro atoms. The van der Waals surface area contributed by atoms with Crippen molar-refractivity contribution >= 4 is 11.7 Å². The van der Waals surface area contributed by atoms with Crippen LogP contribution in [-0.2, 0) is 0 Å². The Kier molecular flexibility index (Phi) is 4.23. The third-order valence-corrected chi connectivity index (χ3v) is 3.33. The van der Waals surface area contributed by atoms with Crippen molar-refractivity contribution in [2.45, 2.75) is 45.6 Å². The number of nitrogens with zero attached hydrogens (tertiary/aromatic N) is 2. The number of carbonyl (C=O) groups is 1. The number of aliphatic hydroxyl groups excluding tert-OH is 1. The van der Waals surface area contributed by atoms with E-state index in [0.717, 1.165) is 18.7 Å². The zero-order valence-corrected chi connectivity index (χ0v) is 12.2. The molecule has 3 N–H and O–H groups in total. The largest absolute Gasteiger partial charge is 0.391 e. The van der Waals surface area contributed by atoms with Gasteiger partial charge in [0.25, 0.3) is 0 Å². The van der Waals surface area contributed by atoms with Crippen LogP contribution in [0.2, 0.25) is 0 Å². The van der Waals surface area contributed by atoms with Gasteiger partial charge in [0, 0.05) is 12.5 Å². The topological polar surface area (TPSA) is 87.1 Å². The van der Waals surface area contributed by atoms with E-state index in [9.17, 15) is 9.90 Å². The first kappa shape index (κ1) is 14.7. The summed E-state index contributed by atoms with van der Waals surface area (Å²) >= 11 is 0. The molecule has 1 unspecified atom stereocenters. The minimum atomic E-state index is -0.596. The average Bonchev–Trinajstić information content (AvgIpc) is 3.20. The summed E-state index contributed by atoms with van der Waals surface area (Å²) in [7, 11) is 0. The van der Waals surface area contributed by atoms with Crippen LogP contribution in [0.4, 0.5) is 10.5 Å². The van der Waals surface area contributed by atoms with Gasteiger partial charge in [0.15, 0.2) is 0 Å². The van der Waals surface area contributed by atoms with Crippen molar-refractivity contribution in [2.75, 3.05) is 11.9 Å². The minimum absolute atomic E-state index is 0.205. The van der Waals surface area contributed by atoms with Crippen molar-refractivity contribution in [2.24, 2.45) is 5.41 Å². The maximum Gasteiger partial charge on any atom is 0.319 e. The summed E-state index contributed by atoms with van der Waals surface area (Å²) < 4.78 is 0. The number of carbonyl (C=O) groups excluding carboxylic acids is 1. The van der Waals surface area contributed by atoms with E-state index >= 15 is 0 Å². The second-order valence-electron chi connectivity index (χ2n) is 6.32. The van der Waals surface area contributed by atoms with E-state index in [1.165, 1.54) is 0 Å². The highest BCUT2D eigenvalue weighted by Crippen LogP contribution is 2.37. The Morgan fingerprint density at radius 2 is 2.00 bits per heavy atom. The highest BCUT2D eigenvalue weighted by atomic mass is 16.3. The van der Waals surface area contributed by atoms with Crippen molar-refractivity contribution in [3.05, 3.63) is 18.2 Å². The van der Waals surface area contributed by atoms with Crippen molar-refractivity contribution in [1.82, 2.24) is 15.3 Å². The Morgan fingerprint density at radius 1 is 1.40 bits per heavy atom. The zero-order chi connectivity index (χ0) is 14.8. The number of aromatic nitrogens is 2. The molecule has 2 rings (SSSR count). The van der Waals surface area contributed by atoms with E-state index < -0.39 is 6.10 Å². The molecule has 6 heteroatoms.